The summed E-state index contributed by atoms with van der Waals surface area (Å²) in [5.41, 5.74) is -0.400. The summed E-state index contributed by atoms with van der Waals surface area (Å²) in [6.07, 6.45) is 5.76. The number of ether oxygens (including phenoxy) is 2. The lowest BCUT2D eigenvalue weighted by molar-refractivity contribution is -0.170. The van der Waals surface area contributed by atoms with Crippen molar-refractivity contribution in [2.24, 2.45) is 17.3 Å². The number of amides is 1. The Bertz CT molecular complexity index is 773. The summed E-state index contributed by atoms with van der Waals surface area (Å²) < 4.78 is 34.7. The van der Waals surface area contributed by atoms with Crippen molar-refractivity contribution in [3.05, 3.63) is 24.3 Å². The summed E-state index contributed by atoms with van der Waals surface area (Å²) in [7, 11) is 0. The van der Waals surface area contributed by atoms with E-state index in [0.717, 1.165) is 32.1 Å². The molecule has 4 saturated carbocycles. The maximum Gasteiger partial charge on any atom is 0.387 e. The van der Waals surface area contributed by atoms with Crippen molar-refractivity contribution in [2.45, 2.75) is 49.5 Å². The van der Waals surface area contributed by atoms with Crippen LogP contribution < -0.4 is 10.1 Å². The minimum absolute atomic E-state index is 0.0178. The lowest BCUT2D eigenvalue weighted by Gasteiger charge is -2.58. The lowest BCUT2D eigenvalue weighted by Crippen LogP contribution is -2.56. The molecule has 2 atom stereocenters. The van der Waals surface area contributed by atoms with E-state index < -0.39 is 24.5 Å². The van der Waals surface area contributed by atoms with E-state index in [1.165, 1.54) is 24.6 Å². The molecule has 4 aliphatic carbocycles. The van der Waals surface area contributed by atoms with Gasteiger partial charge in [0.1, 0.15) is 5.75 Å². The van der Waals surface area contributed by atoms with Gasteiger partial charge in [-0.3, -0.25) is 9.59 Å². The molecule has 0 aromatic heterocycles. The van der Waals surface area contributed by atoms with Crippen LogP contribution in [0.4, 0.5) is 14.5 Å². The second kappa shape index (κ2) is 7.28. The van der Waals surface area contributed by atoms with Crippen molar-refractivity contribution in [3.63, 3.8) is 0 Å². The molecule has 5 rings (SSSR count). The van der Waals surface area contributed by atoms with E-state index in [4.69, 9.17) is 4.74 Å². The zero-order valence-electron chi connectivity index (χ0n) is 15.3. The van der Waals surface area contributed by atoms with E-state index in [0.29, 0.717) is 11.8 Å². The number of benzene rings is 1. The Morgan fingerprint density at radius 3 is 2.50 bits per heavy atom. The Balaban J connectivity index is 1.36. The first-order valence-corrected chi connectivity index (χ1v) is 10.3. The van der Waals surface area contributed by atoms with Crippen LogP contribution in [0.5, 0.6) is 5.75 Å². The van der Waals surface area contributed by atoms with E-state index in [2.05, 4.69) is 26.0 Å². The van der Waals surface area contributed by atoms with Crippen LogP contribution in [0.1, 0.15) is 38.5 Å². The summed E-state index contributed by atoms with van der Waals surface area (Å²) >= 11 is 3.85. The topological polar surface area (TPSA) is 64.6 Å². The van der Waals surface area contributed by atoms with Crippen LogP contribution >= 0.6 is 15.9 Å². The number of anilines is 1. The smallest absolute Gasteiger partial charge is 0.387 e. The Hall–Kier alpha value is -1.70. The highest BCUT2D eigenvalue weighted by atomic mass is 79.9. The average Bonchev–Trinajstić information content (AvgIpc) is 2.59. The van der Waals surface area contributed by atoms with Crippen LogP contribution in [0, 0.1) is 17.3 Å². The van der Waals surface area contributed by atoms with Crippen LogP contribution in [-0.2, 0) is 14.3 Å². The van der Waals surface area contributed by atoms with E-state index in [1.807, 2.05) is 0 Å². The maximum atomic E-state index is 12.9. The van der Waals surface area contributed by atoms with Crippen LogP contribution in [0.3, 0.4) is 0 Å². The SMILES string of the molecule is O=C(COC(=O)C12C[C@H]3C[C@@H](CC(Br)(C3)C1)C2)Nc1ccccc1OC(F)F. The number of para-hydroxylation sites is 2. The molecular formula is C20H22BrF2NO4. The molecule has 1 amide bonds. The molecule has 0 spiro atoms. The van der Waals surface area contributed by atoms with Crippen LogP contribution in [-0.4, -0.2) is 29.4 Å². The van der Waals surface area contributed by atoms with Crippen LogP contribution in [0.2, 0.25) is 0 Å². The number of hydrogen-bond donors (Lipinski definition) is 1. The Labute approximate surface area is 170 Å². The normalized spacial score (nSPS) is 33.0. The summed E-state index contributed by atoms with van der Waals surface area (Å²) in [5, 5.41) is 2.47. The van der Waals surface area contributed by atoms with Gasteiger partial charge < -0.3 is 14.8 Å². The lowest BCUT2D eigenvalue weighted by atomic mass is 9.49. The minimum atomic E-state index is -3.00. The van der Waals surface area contributed by atoms with Crippen molar-refractivity contribution < 1.29 is 27.8 Å². The number of rotatable bonds is 6. The number of alkyl halides is 3. The molecular weight excluding hydrogens is 436 g/mol. The van der Waals surface area contributed by atoms with E-state index >= 15 is 0 Å². The van der Waals surface area contributed by atoms with Crippen molar-refractivity contribution in [2.75, 3.05) is 11.9 Å². The van der Waals surface area contributed by atoms with Gasteiger partial charge in [0.2, 0.25) is 0 Å². The highest BCUT2D eigenvalue weighted by molar-refractivity contribution is 9.10. The van der Waals surface area contributed by atoms with Gasteiger partial charge in [-0.1, -0.05) is 28.1 Å². The molecule has 4 aliphatic rings. The highest BCUT2D eigenvalue weighted by Gasteiger charge is 2.60. The first kappa shape index (κ1) is 19.6. The third kappa shape index (κ3) is 3.88. The zero-order valence-corrected chi connectivity index (χ0v) is 16.8. The van der Waals surface area contributed by atoms with Gasteiger partial charge in [-0.05, 0) is 62.5 Å². The third-order valence-corrected chi connectivity index (χ3v) is 7.06. The number of carbonyl (C=O) groups excluding carboxylic acids is 2. The Morgan fingerprint density at radius 1 is 1.18 bits per heavy atom. The van der Waals surface area contributed by atoms with E-state index in [9.17, 15) is 18.4 Å². The highest BCUT2D eigenvalue weighted by Crippen LogP contribution is 2.64. The molecule has 1 N–H and O–H groups in total. The van der Waals surface area contributed by atoms with Gasteiger partial charge in [0.05, 0.1) is 11.1 Å². The molecule has 0 heterocycles. The monoisotopic (exact) mass is 457 g/mol. The van der Waals surface area contributed by atoms with Gasteiger partial charge >= 0.3 is 12.6 Å². The zero-order chi connectivity index (χ0) is 19.9. The Morgan fingerprint density at radius 2 is 1.86 bits per heavy atom. The van der Waals surface area contributed by atoms with Gasteiger partial charge in [-0.15, -0.1) is 0 Å². The van der Waals surface area contributed by atoms with Crippen LogP contribution in [0.25, 0.3) is 0 Å². The molecule has 0 unspecified atom stereocenters. The quantitative estimate of drug-likeness (QED) is 0.504. The molecule has 0 aliphatic heterocycles. The van der Waals surface area contributed by atoms with Gasteiger partial charge in [0.15, 0.2) is 6.61 Å². The fraction of sp³-hybridized carbons (Fsp3) is 0.600. The second-order valence-corrected chi connectivity index (χ2v) is 10.1. The van der Waals surface area contributed by atoms with E-state index in [-0.39, 0.29) is 21.7 Å². The molecule has 28 heavy (non-hydrogen) atoms. The number of nitrogens with one attached hydrogen (secondary N) is 1. The summed E-state index contributed by atoms with van der Waals surface area (Å²) in [4.78, 5) is 25.1. The summed E-state index contributed by atoms with van der Waals surface area (Å²) in [5.74, 6) is 0.00915. The number of halogens is 3. The molecule has 4 bridgehead atoms. The summed E-state index contributed by atoms with van der Waals surface area (Å²) in [6, 6.07) is 5.89. The van der Waals surface area contributed by atoms with Gasteiger partial charge in [0.25, 0.3) is 5.91 Å². The predicted molar refractivity (Wildman–Crippen MR) is 101 cm³/mol. The number of carbonyl (C=O) groups is 2. The van der Waals surface area contributed by atoms with Crippen molar-refractivity contribution in [1.82, 2.24) is 0 Å². The fourth-order valence-electron chi connectivity index (χ4n) is 5.63. The van der Waals surface area contributed by atoms with Gasteiger partial charge in [-0.2, -0.15) is 8.78 Å². The Kier molecular flexibility index (Phi) is 5.10. The predicted octanol–water partition coefficient (Wildman–Crippen LogP) is 4.50. The van der Waals surface area contributed by atoms with Crippen molar-refractivity contribution in [1.29, 1.82) is 0 Å². The van der Waals surface area contributed by atoms with E-state index in [1.54, 1.807) is 6.07 Å². The number of esters is 1. The summed E-state index contributed by atoms with van der Waals surface area (Å²) in [6.45, 7) is -3.45. The van der Waals surface area contributed by atoms with Crippen molar-refractivity contribution in [3.8, 4) is 5.75 Å². The third-order valence-electron chi connectivity index (χ3n) is 6.13. The average molecular weight is 458 g/mol. The fourth-order valence-corrected chi connectivity index (χ4v) is 7.08. The molecule has 0 saturated heterocycles. The molecule has 152 valence electrons. The molecule has 0 radical (unpaired) electrons. The first-order chi connectivity index (χ1) is 13.3. The molecule has 4 fully saturated rings. The second-order valence-electron chi connectivity index (χ2n) is 8.39. The largest absolute Gasteiger partial charge is 0.455 e. The van der Waals surface area contributed by atoms with Crippen molar-refractivity contribution >= 4 is 33.5 Å². The van der Waals surface area contributed by atoms with Gasteiger partial charge in [0, 0.05) is 4.32 Å². The minimum Gasteiger partial charge on any atom is -0.455 e. The molecule has 8 heteroatoms. The van der Waals surface area contributed by atoms with Gasteiger partial charge in [-0.25, -0.2) is 0 Å². The maximum absolute atomic E-state index is 12.9. The molecule has 1 aromatic rings. The molecule has 1 aromatic carbocycles. The first-order valence-electron chi connectivity index (χ1n) is 9.47. The standard InChI is InChI=1S/C20H22BrF2NO4/c21-20-8-12-5-13(9-20)7-19(6-12,11-20)17(26)27-10-16(25)24-14-3-1-2-4-15(14)28-18(22)23/h1-4,12-13,18H,5-11H2,(H,24,25)/t12-,13-,19?,20?/m1/s1. The number of hydrogen-bond acceptors (Lipinski definition) is 4. The molecule has 5 nitrogen and oxygen atoms in total. The van der Waals surface area contributed by atoms with Crippen LogP contribution in [0.15, 0.2) is 24.3 Å².